The third kappa shape index (κ3) is 3.51. The van der Waals surface area contributed by atoms with Crippen LogP contribution in [0, 0.1) is 0 Å². The lowest BCUT2D eigenvalue weighted by Crippen LogP contribution is -2.30. The number of ether oxygens (including phenoxy) is 4. The maximum atomic E-state index is 13.3. The van der Waals surface area contributed by atoms with E-state index >= 15 is 0 Å². The van der Waals surface area contributed by atoms with Crippen LogP contribution in [0.1, 0.15) is 32.4 Å². The Morgan fingerprint density at radius 1 is 1.06 bits per heavy atom. The first-order valence-electron chi connectivity index (χ1n) is 10.3. The number of methoxy groups -OCH3 is 3. The number of nitrogens with zero attached hydrogens (tertiary/aromatic N) is 2. The van der Waals surface area contributed by atoms with Gasteiger partial charge in [0.15, 0.2) is 11.5 Å². The molecule has 2 aromatic carbocycles. The zero-order valence-corrected chi connectivity index (χ0v) is 19.1. The summed E-state index contributed by atoms with van der Waals surface area (Å²) in [6, 6.07) is 11.0. The molecule has 1 N–H and O–H groups in total. The number of benzene rings is 2. The van der Waals surface area contributed by atoms with Crippen molar-refractivity contribution in [2.24, 2.45) is 0 Å². The van der Waals surface area contributed by atoms with E-state index in [1.807, 2.05) is 61.7 Å². The van der Waals surface area contributed by atoms with Crippen molar-refractivity contribution in [3.05, 3.63) is 53.2 Å². The zero-order valence-electron chi connectivity index (χ0n) is 19.1. The van der Waals surface area contributed by atoms with Crippen molar-refractivity contribution in [1.29, 1.82) is 0 Å². The minimum atomic E-state index is -0.515. The second-order valence-electron chi connectivity index (χ2n) is 7.77. The average Bonchev–Trinajstić information content (AvgIpc) is 3.14. The Hall–Kier alpha value is -3.68. The van der Waals surface area contributed by atoms with Crippen LogP contribution >= 0.6 is 0 Å². The maximum absolute atomic E-state index is 13.3. The summed E-state index contributed by atoms with van der Waals surface area (Å²) in [5.41, 5.74) is 3.65. The number of anilines is 1. The SMILES string of the molecule is COc1cc([C@@H]2C(C(=O)OC(C)C)=C(C)Nc3nc4ccccc4n32)cc(OC)c1OC. The number of esters is 1. The van der Waals surface area contributed by atoms with E-state index in [0.717, 1.165) is 16.6 Å². The molecule has 1 aliphatic heterocycles. The van der Waals surface area contributed by atoms with Crippen LogP contribution in [0.4, 0.5) is 5.95 Å². The number of hydrogen-bond acceptors (Lipinski definition) is 7. The summed E-state index contributed by atoms with van der Waals surface area (Å²) >= 11 is 0. The molecular formula is C24H27N3O5. The van der Waals surface area contributed by atoms with Gasteiger partial charge in [0.05, 0.1) is 50.1 Å². The number of rotatable bonds is 6. The molecule has 0 fully saturated rings. The van der Waals surface area contributed by atoms with Crippen LogP contribution < -0.4 is 19.5 Å². The van der Waals surface area contributed by atoms with Crippen molar-refractivity contribution in [2.75, 3.05) is 26.6 Å². The van der Waals surface area contributed by atoms with Crippen LogP contribution in [0.15, 0.2) is 47.7 Å². The highest BCUT2D eigenvalue weighted by atomic mass is 16.5. The first-order chi connectivity index (χ1) is 15.4. The van der Waals surface area contributed by atoms with Crippen LogP contribution in [-0.4, -0.2) is 43.0 Å². The van der Waals surface area contributed by atoms with E-state index in [1.165, 1.54) is 0 Å². The van der Waals surface area contributed by atoms with Gasteiger partial charge in [-0.3, -0.25) is 4.57 Å². The number of aromatic nitrogens is 2. The molecule has 1 atom stereocenters. The minimum absolute atomic E-state index is 0.260. The molecule has 1 aliphatic rings. The van der Waals surface area contributed by atoms with Gasteiger partial charge in [0.1, 0.15) is 0 Å². The van der Waals surface area contributed by atoms with E-state index in [-0.39, 0.29) is 6.10 Å². The van der Waals surface area contributed by atoms with Gasteiger partial charge in [0, 0.05) is 5.70 Å². The van der Waals surface area contributed by atoms with E-state index in [0.29, 0.717) is 34.5 Å². The summed E-state index contributed by atoms with van der Waals surface area (Å²) in [7, 11) is 4.69. The smallest absolute Gasteiger partial charge is 0.338 e. The van der Waals surface area contributed by atoms with E-state index in [1.54, 1.807) is 21.3 Å². The number of nitrogens with one attached hydrogen (secondary N) is 1. The van der Waals surface area contributed by atoms with Gasteiger partial charge in [-0.05, 0) is 50.6 Å². The molecule has 168 valence electrons. The highest BCUT2D eigenvalue weighted by molar-refractivity contribution is 5.94. The lowest BCUT2D eigenvalue weighted by atomic mass is 9.94. The van der Waals surface area contributed by atoms with Crippen molar-refractivity contribution in [1.82, 2.24) is 9.55 Å². The molecule has 2 heterocycles. The van der Waals surface area contributed by atoms with Crippen molar-refractivity contribution >= 4 is 23.0 Å². The molecule has 3 aromatic rings. The Kier molecular flexibility index (Phi) is 5.69. The second kappa shape index (κ2) is 8.45. The third-order valence-corrected chi connectivity index (χ3v) is 5.40. The first kappa shape index (κ1) is 21.5. The molecule has 8 heteroatoms. The Balaban J connectivity index is 2.01. The summed E-state index contributed by atoms with van der Waals surface area (Å²) in [4.78, 5) is 18.0. The van der Waals surface area contributed by atoms with Gasteiger partial charge in [-0.1, -0.05) is 12.1 Å². The maximum Gasteiger partial charge on any atom is 0.338 e. The molecule has 0 saturated heterocycles. The molecule has 0 unspecified atom stereocenters. The molecule has 0 aliphatic carbocycles. The molecule has 0 amide bonds. The lowest BCUT2D eigenvalue weighted by molar-refractivity contribution is -0.143. The number of fused-ring (bicyclic) bond motifs is 3. The zero-order chi connectivity index (χ0) is 23.0. The van der Waals surface area contributed by atoms with Crippen molar-refractivity contribution < 1.29 is 23.7 Å². The highest BCUT2D eigenvalue weighted by Crippen LogP contribution is 2.45. The summed E-state index contributed by atoms with van der Waals surface area (Å²) in [5.74, 6) is 1.73. The van der Waals surface area contributed by atoms with Gasteiger partial charge in [0.2, 0.25) is 11.7 Å². The molecular weight excluding hydrogens is 410 g/mol. The van der Waals surface area contributed by atoms with Gasteiger partial charge in [-0.2, -0.15) is 0 Å². The fraction of sp³-hybridized carbons (Fsp3) is 0.333. The Bertz CT molecular complexity index is 1190. The van der Waals surface area contributed by atoms with Crippen LogP contribution in [-0.2, 0) is 9.53 Å². The van der Waals surface area contributed by atoms with Gasteiger partial charge in [-0.15, -0.1) is 0 Å². The number of imidazole rings is 1. The van der Waals surface area contributed by atoms with Gasteiger partial charge in [-0.25, -0.2) is 9.78 Å². The number of carbonyl (C=O) groups excluding carboxylic acids is 1. The second-order valence-corrected chi connectivity index (χ2v) is 7.77. The Morgan fingerprint density at radius 3 is 2.31 bits per heavy atom. The van der Waals surface area contributed by atoms with E-state index in [9.17, 15) is 4.79 Å². The average molecular weight is 437 g/mol. The summed E-state index contributed by atoms with van der Waals surface area (Å²) < 4.78 is 24.3. The third-order valence-electron chi connectivity index (χ3n) is 5.40. The van der Waals surface area contributed by atoms with E-state index in [4.69, 9.17) is 23.9 Å². The standard InChI is InChI=1S/C24H27N3O5/c1-13(2)32-23(28)20-14(3)25-24-26-16-9-7-8-10-17(16)27(24)21(20)15-11-18(29-4)22(31-6)19(12-15)30-5/h7-13,21H,1-6H3,(H,25,26)/t21-/m1/s1. The minimum Gasteiger partial charge on any atom is -0.493 e. The van der Waals surface area contributed by atoms with Crippen molar-refractivity contribution in [3.8, 4) is 17.2 Å². The van der Waals surface area contributed by atoms with Crippen LogP contribution in [0.3, 0.4) is 0 Å². The van der Waals surface area contributed by atoms with Crippen LogP contribution in [0.2, 0.25) is 0 Å². The molecule has 4 rings (SSSR count). The molecule has 32 heavy (non-hydrogen) atoms. The Morgan fingerprint density at radius 2 is 1.72 bits per heavy atom. The Labute approximate surface area is 186 Å². The molecule has 1 aromatic heterocycles. The fourth-order valence-corrected chi connectivity index (χ4v) is 4.08. The monoisotopic (exact) mass is 437 g/mol. The van der Waals surface area contributed by atoms with Crippen LogP contribution in [0.25, 0.3) is 11.0 Å². The summed E-state index contributed by atoms with van der Waals surface area (Å²) in [6.07, 6.45) is -0.260. The largest absolute Gasteiger partial charge is 0.493 e. The normalized spacial score (nSPS) is 15.4. The number of allylic oxidation sites excluding steroid dienone is 1. The van der Waals surface area contributed by atoms with E-state index in [2.05, 4.69) is 5.32 Å². The van der Waals surface area contributed by atoms with Gasteiger partial charge >= 0.3 is 5.97 Å². The van der Waals surface area contributed by atoms with Gasteiger partial charge in [0.25, 0.3) is 0 Å². The predicted octanol–water partition coefficient (Wildman–Crippen LogP) is 4.30. The topological polar surface area (TPSA) is 83.8 Å². The van der Waals surface area contributed by atoms with Crippen LogP contribution in [0.5, 0.6) is 17.2 Å². The highest BCUT2D eigenvalue weighted by Gasteiger charge is 2.36. The number of carbonyl (C=O) groups is 1. The predicted molar refractivity (Wildman–Crippen MR) is 122 cm³/mol. The fourth-order valence-electron chi connectivity index (χ4n) is 4.08. The summed E-state index contributed by atoms with van der Waals surface area (Å²) in [6.45, 7) is 5.51. The molecule has 0 bridgehead atoms. The number of para-hydroxylation sites is 2. The van der Waals surface area contributed by atoms with Crippen molar-refractivity contribution in [3.63, 3.8) is 0 Å². The molecule has 0 spiro atoms. The molecule has 0 radical (unpaired) electrons. The summed E-state index contributed by atoms with van der Waals surface area (Å²) in [5, 5.41) is 3.28. The van der Waals surface area contributed by atoms with E-state index < -0.39 is 12.0 Å². The molecule has 0 saturated carbocycles. The first-order valence-corrected chi connectivity index (χ1v) is 10.3. The quantitative estimate of drug-likeness (QED) is 0.576. The molecule has 8 nitrogen and oxygen atoms in total. The van der Waals surface area contributed by atoms with Crippen molar-refractivity contribution in [2.45, 2.75) is 32.9 Å². The van der Waals surface area contributed by atoms with Gasteiger partial charge < -0.3 is 24.3 Å². The number of hydrogen-bond donors (Lipinski definition) is 1. The lowest BCUT2D eigenvalue weighted by Gasteiger charge is -2.31.